The highest BCUT2D eigenvalue weighted by Gasteiger charge is 2.28. The first-order chi connectivity index (χ1) is 11.6. The predicted molar refractivity (Wildman–Crippen MR) is 98.3 cm³/mol. The first-order valence-electron chi connectivity index (χ1n) is 8.27. The van der Waals surface area contributed by atoms with Gasteiger partial charge in [0, 0.05) is 43.7 Å². The quantitative estimate of drug-likeness (QED) is 0.865. The van der Waals surface area contributed by atoms with Crippen LogP contribution in [-0.2, 0) is 4.74 Å². The van der Waals surface area contributed by atoms with E-state index in [0.29, 0.717) is 12.5 Å². The molecule has 2 aliphatic rings. The normalized spacial score (nSPS) is 20.0. The van der Waals surface area contributed by atoms with Crippen molar-refractivity contribution in [3.63, 3.8) is 0 Å². The Balaban J connectivity index is 1.78. The molecular weight excluding hydrogens is 302 g/mol. The van der Waals surface area contributed by atoms with E-state index in [2.05, 4.69) is 39.6 Å². The Morgan fingerprint density at radius 1 is 1.42 bits per heavy atom. The van der Waals surface area contributed by atoms with Crippen molar-refractivity contribution in [3.8, 4) is 0 Å². The summed E-state index contributed by atoms with van der Waals surface area (Å²) in [4.78, 5) is 2.09. The van der Waals surface area contributed by atoms with E-state index in [9.17, 15) is 0 Å². The van der Waals surface area contributed by atoms with Crippen LogP contribution in [0.5, 0.6) is 0 Å². The molecule has 1 aromatic rings. The van der Waals surface area contributed by atoms with E-state index >= 15 is 0 Å². The SMILES string of the molecule is CCC(N)COC1=NN2C(c3cccc(N(C)C)c3)=CNC2C=C1. The van der Waals surface area contributed by atoms with E-state index in [4.69, 9.17) is 10.5 Å². The molecule has 0 aromatic heterocycles. The molecule has 6 heteroatoms. The van der Waals surface area contributed by atoms with Crippen molar-refractivity contribution < 1.29 is 4.74 Å². The van der Waals surface area contributed by atoms with E-state index in [0.717, 1.165) is 23.4 Å². The van der Waals surface area contributed by atoms with E-state index in [1.807, 2.05) is 44.4 Å². The molecule has 3 N–H and O–H groups in total. The van der Waals surface area contributed by atoms with Crippen LogP contribution in [0, 0.1) is 0 Å². The van der Waals surface area contributed by atoms with Crippen molar-refractivity contribution in [2.45, 2.75) is 25.6 Å². The summed E-state index contributed by atoms with van der Waals surface area (Å²) in [5.74, 6) is 0.591. The summed E-state index contributed by atoms with van der Waals surface area (Å²) < 4.78 is 5.72. The van der Waals surface area contributed by atoms with Gasteiger partial charge in [-0.1, -0.05) is 19.1 Å². The maximum Gasteiger partial charge on any atom is 0.231 e. The second-order valence-electron chi connectivity index (χ2n) is 6.21. The van der Waals surface area contributed by atoms with Gasteiger partial charge in [-0.05, 0) is 24.6 Å². The number of hydrogen-bond donors (Lipinski definition) is 2. The van der Waals surface area contributed by atoms with Gasteiger partial charge in [0.25, 0.3) is 0 Å². The Bertz CT molecular complexity index is 680. The van der Waals surface area contributed by atoms with E-state index < -0.39 is 0 Å². The average Bonchev–Trinajstić information content (AvgIpc) is 3.02. The maximum absolute atomic E-state index is 5.91. The van der Waals surface area contributed by atoms with Gasteiger partial charge in [-0.3, -0.25) is 0 Å². The second-order valence-corrected chi connectivity index (χ2v) is 6.21. The summed E-state index contributed by atoms with van der Waals surface area (Å²) in [5.41, 5.74) is 9.20. The minimum atomic E-state index is 0.0233. The third kappa shape index (κ3) is 3.38. The number of benzene rings is 1. The topological polar surface area (TPSA) is 66.1 Å². The molecule has 0 bridgehead atoms. The molecule has 24 heavy (non-hydrogen) atoms. The molecule has 2 aliphatic heterocycles. The monoisotopic (exact) mass is 327 g/mol. The molecule has 6 nitrogen and oxygen atoms in total. The Morgan fingerprint density at radius 2 is 2.25 bits per heavy atom. The molecule has 0 saturated carbocycles. The van der Waals surface area contributed by atoms with Gasteiger partial charge in [-0.15, -0.1) is 5.10 Å². The summed E-state index contributed by atoms with van der Waals surface area (Å²) in [6.07, 6.45) is 6.83. The number of rotatable bonds is 5. The predicted octanol–water partition coefficient (Wildman–Crippen LogP) is 1.92. The van der Waals surface area contributed by atoms with Crippen molar-refractivity contribution in [1.82, 2.24) is 10.3 Å². The Kier molecular flexibility index (Phi) is 4.76. The number of nitrogens with one attached hydrogen (secondary N) is 1. The maximum atomic E-state index is 5.91. The molecule has 0 fully saturated rings. The molecule has 0 saturated heterocycles. The number of hydrazone groups is 1. The largest absolute Gasteiger partial charge is 0.475 e. The first kappa shape index (κ1) is 16.4. The number of nitrogens with two attached hydrogens (primary N) is 1. The smallest absolute Gasteiger partial charge is 0.231 e. The molecule has 2 unspecified atom stereocenters. The van der Waals surface area contributed by atoms with Gasteiger partial charge in [-0.2, -0.15) is 0 Å². The van der Waals surface area contributed by atoms with Gasteiger partial charge in [0.15, 0.2) is 0 Å². The van der Waals surface area contributed by atoms with Crippen LogP contribution in [-0.4, -0.2) is 43.8 Å². The minimum Gasteiger partial charge on any atom is -0.475 e. The summed E-state index contributed by atoms with van der Waals surface area (Å²) in [6, 6.07) is 8.41. The highest BCUT2D eigenvalue weighted by atomic mass is 16.5. The van der Waals surface area contributed by atoms with Crippen LogP contribution in [0.2, 0.25) is 0 Å². The van der Waals surface area contributed by atoms with Crippen LogP contribution in [0.15, 0.2) is 47.7 Å². The van der Waals surface area contributed by atoms with Crippen LogP contribution < -0.4 is 16.0 Å². The van der Waals surface area contributed by atoms with Crippen LogP contribution in [0.3, 0.4) is 0 Å². The van der Waals surface area contributed by atoms with Crippen molar-refractivity contribution >= 4 is 17.3 Å². The van der Waals surface area contributed by atoms with Gasteiger partial charge in [0.05, 0.1) is 5.70 Å². The minimum absolute atomic E-state index is 0.0233. The van der Waals surface area contributed by atoms with Crippen LogP contribution in [0.4, 0.5) is 5.69 Å². The van der Waals surface area contributed by atoms with E-state index in [1.165, 1.54) is 0 Å². The lowest BCUT2D eigenvalue weighted by Gasteiger charge is -2.26. The number of anilines is 1. The summed E-state index contributed by atoms with van der Waals surface area (Å²) in [6.45, 7) is 2.52. The lowest BCUT2D eigenvalue weighted by molar-refractivity contribution is 0.254. The Labute approximate surface area is 143 Å². The van der Waals surface area contributed by atoms with Crippen molar-refractivity contribution in [1.29, 1.82) is 0 Å². The molecule has 0 spiro atoms. The van der Waals surface area contributed by atoms with Crippen molar-refractivity contribution in [2.75, 3.05) is 25.6 Å². The third-order valence-electron chi connectivity index (χ3n) is 4.16. The Morgan fingerprint density at radius 3 is 3.00 bits per heavy atom. The fourth-order valence-electron chi connectivity index (χ4n) is 2.56. The average molecular weight is 327 g/mol. The van der Waals surface area contributed by atoms with E-state index in [1.54, 1.807) is 0 Å². The van der Waals surface area contributed by atoms with Gasteiger partial charge >= 0.3 is 0 Å². The summed E-state index contributed by atoms with van der Waals surface area (Å²) in [5, 5.41) is 9.90. The van der Waals surface area contributed by atoms with E-state index in [-0.39, 0.29) is 12.2 Å². The molecule has 0 amide bonds. The van der Waals surface area contributed by atoms with Crippen molar-refractivity contribution in [2.24, 2.45) is 10.8 Å². The molecule has 0 aliphatic carbocycles. The first-order valence-corrected chi connectivity index (χ1v) is 8.27. The highest BCUT2D eigenvalue weighted by Crippen LogP contribution is 2.29. The fourth-order valence-corrected chi connectivity index (χ4v) is 2.56. The molecule has 0 radical (unpaired) electrons. The molecule has 1 aromatic carbocycles. The number of hydrogen-bond acceptors (Lipinski definition) is 6. The van der Waals surface area contributed by atoms with Crippen LogP contribution in [0.1, 0.15) is 18.9 Å². The Hall–Kier alpha value is -2.47. The second kappa shape index (κ2) is 6.97. The zero-order valence-electron chi connectivity index (χ0n) is 14.4. The lowest BCUT2D eigenvalue weighted by atomic mass is 10.1. The van der Waals surface area contributed by atoms with Crippen LogP contribution >= 0.6 is 0 Å². The van der Waals surface area contributed by atoms with Gasteiger partial charge in [0.1, 0.15) is 12.8 Å². The lowest BCUT2D eigenvalue weighted by Crippen LogP contribution is -2.35. The zero-order valence-corrected chi connectivity index (χ0v) is 14.4. The number of ether oxygens (including phenoxy) is 1. The molecular formula is C18H25N5O. The zero-order chi connectivity index (χ0) is 17.1. The van der Waals surface area contributed by atoms with Gasteiger partial charge in [0.2, 0.25) is 5.90 Å². The highest BCUT2D eigenvalue weighted by molar-refractivity contribution is 5.89. The summed E-state index contributed by atoms with van der Waals surface area (Å²) in [7, 11) is 4.07. The third-order valence-corrected chi connectivity index (χ3v) is 4.16. The molecule has 128 valence electrons. The fraction of sp³-hybridized carbons (Fsp3) is 0.389. The van der Waals surface area contributed by atoms with Crippen LogP contribution in [0.25, 0.3) is 5.70 Å². The van der Waals surface area contributed by atoms with Gasteiger partial charge < -0.3 is 20.7 Å². The molecule has 3 rings (SSSR count). The summed E-state index contributed by atoms with van der Waals surface area (Å²) >= 11 is 0. The number of nitrogens with zero attached hydrogens (tertiary/aromatic N) is 3. The molecule has 2 atom stereocenters. The van der Waals surface area contributed by atoms with Gasteiger partial charge in [-0.25, -0.2) is 5.01 Å². The molecule has 2 heterocycles. The van der Waals surface area contributed by atoms with Crippen molar-refractivity contribution in [3.05, 3.63) is 48.2 Å². The standard InChI is InChI=1S/C18H25N5O/c1-4-14(19)12-24-18-9-8-17-20-11-16(23(17)21-18)13-6-5-7-15(10-13)22(2)3/h5-11,14,17,20H,4,12,19H2,1-3H3. The number of fused-ring (bicyclic) bond motifs is 1.